The van der Waals surface area contributed by atoms with Crippen LogP contribution >= 0.6 is 15.9 Å². The average Bonchev–Trinajstić information content (AvgIpc) is 2.46. The molecular formula is C13H14BrN3O. The molecule has 1 heterocycles. The molecule has 1 aromatic heterocycles. The lowest BCUT2D eigenvalue weighted by Crippen LogP contribution is -2.14. The number of benzene rings is 1. The molecule has 4 nitrogen and oxygen atoms in total. The summed E-state index contributed by atoms with van der Waals surface area (Å²) in [7, 11) is 3.57. The van der Waals surface area contributed by atoms with Crippen LogP contribution in [0, 0.1) is 0 Å². The largest absolute Gasteiger partial charge is 0.495 e. The van der Waals surface area contributed by atoms with Crippen molar-refractivity contribution in [1.29, 1.82) is 0 Å². The van der Waals surface area contributed by atoms with Gasteiger partial charge in [0.1, 0.15) is 5.75 Å². The quantitative estimate of drug-likeness (QED) is 0.813. The van der Waals surface area contributed by atoms with Gasteiger partial charge in [-0.05, 0) is 17.7 Å². The van der Waals surface area contributed by atoms with Crippen molar-refractivity contribution >= 4 is 27.6 Å². The van der Waals surface area contributed by atoms with Crippen LogP contribution in [0.15, 0.2) is 36.7 Å². The minimum Gasteiger partial charge on any atom is -0.495 e. The minimum absolute atomic E-state index is 0.643. The predicted octanol–water partition coefficient (Wildman–Crippen LogP) is 3.15. The van der Waals surface area contributed by atoms with E-state index >= 15 is 0 Å². The Morgan fingerprint density at radius 3 is 2.50 bits per heavy atom. The van der Waals surface area contributed by atoms with Gasteiger partial charge in [-0.25, -0.2) is 9.97 Å². The lowest BCUT2D eigenvalue weighted by Gasteiger charge is -2.19. The van der Waals surface area contributed by atoms with Crippen LogP contribution in [0.3, 0.4) is 0 Å². The molecule has 18 heavy (non-hydrogen) atoms. The molecule has 0 N–H and O–H groups in total. The van der Waals surface area contributed by atoms with Crippen LogP contribution < -0.4 is 9.64 Å². The van der Waals surface area contributed by atoms with Gasteiger partial charge in [0.05, 0.1) is 12.8 Å². The Kier molecular flexibility index (Phi) is 4.15. The summed E-state index contributed by atoms with van der Waals surface area (Å²) in [6, 6.07) is 7.78. The van der Waals surface area contributed by atoms with Crippen molar-refractivity contribution in [2.24, 2.45) is 0 Å². The molecule has 0 atom stereocenters. The molecule has 0 saturated heterocycles. The topological polar surface area (TPSA) is 38.2 Å². The highest BCUT2D eigenvalue weighted by atomic mass is 79.9. The summed E-state index contributed by atoms with van der Waals surface area (Å²) < 4.78 is 5.33. The monoisotopic (exact) mass is 307 g/mol. The van der Waals surface area contributed by atoms with Gasteiger partial charge in [0.25, 0.3) is 0 Å². The molecule has 2 rings (SSSR count). The van der Waals surface area contributed by atoms with E-state index in [0.29, 0.717) is 5.95 Å². The smallest absolute Gasteiger partial charge is 0.229 e. The Hall–Kier alpha value is -1.62. The van der Waals surface area contributed by atoms with Crippen LogP contribution in [0.5, 0.6) is 5.75 Å². The molecule has 0 unspecified atom stereocenters. The van der Waals surface area contributed by atoms with Gasteiger partial charge in [0.2, 0.25) is 5.95 Å². The van der Waals surface area contributed by atoms with Crippen molar-refractivity contribution in [3.63, 3.8) is 0 Å². The van der Waals surface area contributed by atoms with E-state index < -0.39 is 0 Å². The van der Waals surface area contributed by atoms with Crippen LogP contribution in [-0.4, -0.2) is 24.1 Å². The second-order valence-electron chi connectivity index (χ2n) is 3.76. The van der Waals surface area contributed by atoms with Crippen molar-refractivity contribution in [2.75, 3.05) is 19.1 Å². The number of para-hydroxylation sites is 2. The molecule has 0 spiro atoms. The van der Waals surface area contributed by atoms with Gasteiger partial charge in [-0.3, -0.25) is 0 Å². The molecule has 0 aliphatic carbocycles. The number of nitrogens with zero attached hydrogens (tertiary/aromatic N) is 3. The second kappa shape index (κ2) is 5.82. The third kappa shape index (κ3) is 2.61. The van der Waals surface area contributed by atoms with Crippen LogP contribution in [-0.2, 0) is 5.33 Å². The van der Waals surface area contributed by atoms with E-state index in [1.165, 1.54) is 0 Å². The Balaban J connectivity index is 2.31. The predicted molar refractivity (Wildman–Crippen MR) is 75.7 cm³/mol. The van der Waals surface area contributed by atoms with E-state index in [9.17, 15) is 0 Å². The Bertz CT molecular complexity index is 516. The molecule has 0 radical (unpaired) electrons. The van der Waals surface area contributed by atoms with Crippen molar-refractivity contribution in [1.82, 2.24) is 9.97 Å². The minimum atomic E-state index is 0.643. The number of ether oxygens (including phenoxy) is 1. The van der Waals surface area contributed by atoms with E-state index in [-0.39, 0.29) is 0 Å². The molecule has 0 aliphatic heterocycles. The summed E-state index contributed by atoms with van der Waals surface area (Å²) >= 11 is 3.37. The first-order valence-corrected chi connectivity index (χ1v) is 6.62. The van der Waals surface area contributed by atoms with Gasteiger partial charge in [-0.2, -0.15) is 0 Å². The molecule has 5 heteroatoms. The Morgan fingerprint density at radius 1 is 1.22 bits per heavy atom. The summed E-state index contributed by atoms with van der Waals surface area (Å²) in [5.41, 5.74) is 1.98. The molecule has 0 fully saturated rings. The maximum atomic E-state index is 5.33. The summed E-state index contributed by atoms with van der Waals surface area (Å²) in [6.07, 6.45) is 3.62. The van der Waals surface area contributed by atoms with E-state index in [0.717, 1.165) is 22.3 Å². The molecule has 0 bridgehead atoms. The standard InChI is InChI=1S/C13H14BrN3O/c1-17(11-5-3-4-6-12(11)18-2)13-15-8-10(7-14)9-16-13/h3-6,8-9H,7H2,1-2H3. The molecule has 94 valence electrons. The summed E-state index contributed by atoms with van der Waals surface area (Å²) in [4.78, 5) is 10.6. The number of hydrogen-bond donors (Lipinski definition) is 0. The molecule has 0 amide bonds. The fourth-order valence-electron chi connectivity index (χ4n) is 1.60. The molecule has 0 saturated carbocycles. The van der Waals surface area contributed by atoms with Gasteiger partial charge < -0.3 is 9.64 Å². The summed E-state index contributed by atoms with van der Waals surface area (Å²) in [5, 5.41) is 0.756. The zero-order chi connectivity index (χ0) is 13.0. The first kappa shape index (κ1) is 12.8. The zero-order valence-corrected chi connectivity index (χ0v) is 11.9. The van der Waals surface area contributed by atoms with E-state index in [2.05, 4.69) is 25.9 Å². The molecular weight excluding hydrogens is 294 g/mol. The highest BCUT2D eigenvalue weighted by Gasteiger charge is 2.11. The zero-order valence-electron chi connectivity index (χ0n) is 10.3. The van der Waals surface area contributed by atoms with Crippen LogP contribution in [0.25, 0.3) is 0 Å². The van der Waals surface area contributed by atoms with Crippen LogP contribution in [0.1, 0.15) is 5.56 Å². The summed E-state index contributed by atoms with van der Waals surface area (Å²) in [5.74, 6) is 1.44. The number of alkyl halides is 1. The second-order valence-corrected chi connectivity index (χ2v) is 4.32. The van der Waals surface area contributed by atoms with Crippen molar-refractivity contribution in [2.45, 2.75) is 5.33 Å². The number of anilines is 2. The first-order valence-electron chi connectivity index (χ1n) is 5.50. The van der Waals surface area contributed by atoms with Crippen molar-refractivity contribution in [3.8, 4) is 5.75 Å². The third-order valence-electron chi connectivity index (χ3n) is 2.59. The first-order chi connectivity index (χ1) is 8.76. The van der Waals surface area contributed by atoms with Crippen LogP contribution in [0.4, 0.5) is 11.6 Å². The maximum absolute atomic E-state index is 5.33. The van der Waals surface area contributed by atoms with Crippen molar-refractivity contribution < 1.29 is 4.74 Å². The number of aromatic nitrogens is 2. The van der Waals surface area contributed by atoms with Crippen LogP contribution in [0.2, 0.25) is 0 Å². The SMILES string of the molecule is COc1ccccc1N(C)c1ncc(CBr)cn1. The van der Waals surface area contributed by atoms with Gasteiger partial charge in [0.15, 0.2) is 0 Å². The Morgan fingerprint density at radius 2 is 1.89 bits per heavy atom. The van der Waals surface area contributed by atoms with E-state index in [1.54, 1.807) is 7.11 Å². The molecule has 1 aromatic carbocycles. The van der Waals surface area contributed by atoms with E-state index in [4.69, 9.17) is 4.74 Å². The van der Waals surface area contributed by atoms with Gasteiger partial charge in [-0.15, -0.1) is 0 Å². The lowest BCUT2D eigenvalue weighted by molar-refractivity contribution is 0.415. The highest BCUT2D eigenvalue weighted by molar-refractivity contribution is 9.08. The maximum Gasteiger partial charge on any atom is 0.229 e. The summed E-state index contributed by atoms with van der Waals surface area (Å²) in [6.45, 7) is 0. The third-order valence-corrected chi connectivity index (χ3v) is 3.24. The molecule has 2 aromatic rings. The van der Waals surface area contributed by atoms with Gasteiger partial charge in [-0.1, -0.05) is 28.1 Å². The van der Waals surface area contributed by atoms with Gasteiger partial charge in [0, 0.05) is 24.8 Å². The normalized spacial score (nSPS) is 10.2. The average molecular weight is 308 g/mol. The van der Waals surface area contributed by atoms with E-state index in [1.807, 2.05) is 48.6 Å². The highest BCUT2D eigenvalue weighted by Crippen LogP contribution is 2.30. The number of methoxy groups -OCH3 is 1. The van der Waals surface area contributed by atoms with Crippen molar-refractivity contribution in [3.05, 3.63) is 42.2 Å². The fourth-order valence-corrected chi connectivity index (χ4v) is 1.89. The number of rotatable bonds is 4. The number of halogens is 1. The molecule has 0 aliphatic rings. The number of hydrogen-bond acceptors (Lipinski definition) is 4. The Labute approximate surface area is 115 Å². The lowest BCUT2D eigenvalue weighted by atomic mass is 10.3. The van der Waals surface area contributed by atoms with Gasteiger partial charge >= 0.3 is 0 Å². The fraction of sp³-hybridized carbons (Fsp3) is 0.231.